The van der Waals surface area contributed by atoms with Crippen LogP contribution in [-0.4, -0.2) is 60.3 Å². The predicted octanol–water partition coefficient (Wildman–Crippen LogP) is 1.31. The molecule has 0 aromatic heterocycles. The van der Waals surface area contributed by atoms with E-state index in [-0.39, 0.29) is 12.5 Å². The summed E-state index contributed by atoms with van der Waals surface area (Å²) < 4.78 is 5.33. The molecule has 1 rings (SSSR count). The molecule has 16 heavy (non-hydrogen) atoms. The maximum absolute atomic E-state index is 10.7. The number of thioether (sulfide) groups is 1. The van der Waals surface area contributed by atoms with Crippen molar-refractivity contribution in [3.8, 4) is 0 Å². The molecule has 0 saturated carbocycles. The first-order chi connectivity index (χ1) is 7.74. The number of carboxylic acids is 1. The highest BCUT2D eigenvalue weighted by molar-refractivity contribution is 7.98. The van der Waals surface area contributed by atoms with Crippen LogP contribution in [0.15, 0.2) is 0 Å². The third-order valence-electron chi connectivity index (χ3n) is 2.80. The van der Waals surface area contributed by atoms with E-state index in [1.54, 1.807) is 0 Å². The van der Waals surface area contributed by atoms with Gasteiger partial charge in [-0.15, -0.1) is 0 Å². The quantitative estimate of drug-likeness (QED) is 0.687. The van der Waals surface area contributed by atoms with Gasteiger partial charge < -0.3 is 9.84 Å². The summed E-state index contributed by atoms with van der Waals surface area (Å²) in [5.41, 5.74) is 0. The molecule has 1 aliphatic heterocycles. The van der Waals surface area contributed by atoms with Crippen LogP contribution in [0.2, 0.25) is 0 Å². The predicted molar refractivity (Wildman–Crippen MR) is 66.0 cm³/mol. The summed E-state index contributed by atoms with van der Waals surface area (Å²) in [5, 5.41) is 8.81. The van der Waals surface area contributed by atoms with Crippen LogP contribution in [0, 0.1) is 0 Å². The lowest BCUT2D eigenvalue weighted by Crippen LogP contribution is -2.46. The Kier molecular flexibility index (Phi) is 6.84. The molecule has 1 fully saturated rings. The number of hydrogen-bond acceptors (Lipinski definition) is 4. The van der Waals surface area contributed by atoms with Gasteiger partial charge in [0.05, 0.1) is 19.6 Å². The summed E-state index contributed by atoms with van der Waals surface area (Å²) in [7, 11) is 0. The monoisotopic (exact) mass is 247 g/mol. The van der Waals surface area contributed by atoms with Crippen LogP contribution in [0.3, 0.4) is 0 Å². The average Bonchev–Trinajstić information content (AvgIpc) is 2.26. The van der Waals surface area contributed by atoms with Crippen LogP contribution in [0.25, 0.3) is 0 Å². The number of carbonyl (C=O) groups is 1. The van der Waals surface area contributed by atoms with Gasteiger partial charge >= 0.3 is 5.97 Å². The second kappa shape index (κ2) is 7.92. The molecule has 0 radical (unpaired) electrons. The van der Waals surface area contributed by atoms with Crippen LogP contribution in [0.4, 0.5) is 0 Å². The molecule has 0 aliphatic carbocycles. The van der Waals surface area contributed by atoms with E-state index in [1.807, 2.05) is 11.8 Å². The number of hydrogen-bond donors (Lipinski definition) is 1. The van der Waals surface area contributed by atoms with Crippen LogP contribution in [-0.2, 0) is 9.53 Å². The van der Waals surface area contributed by atoms with Crippen molar-refractivity contribution in [2.75, 3.05) is 38.3 Å². The van der Waals surface area contributed by atoms with Gasteiger partial charge in [0.25, 0.3) is 0 Å². The van der Waals surface area contributed by atoms with E-state index >= 15 is 0 Å². The number of carboxylic acid groups (broad SMARTS) is 1. The fourth-order valence-electron chi connectivity index (χ4n) is 1.93. The number of nitrogens with zero attached hydrogens (tertiary/aromatic N) is 1. The number of unbranched alkanes of at least 4 members (excludes halogenated alkanes) is 1. The maximum Gasteiger partial charge on any atom is 0.305 e. The van der Waals surface area contributed by atoms with E-state index in [0.717, 1.165) is 26.1 Å². The summed E-state index contributed by atoms with van der Waals surface area (Å²) in [6.07, 6.45) is 4.67. The van der Waals surface area contributed by atoms with Gasteiger partial charge in [-0.25, -0.2) is 0 Å². The molecule has 1 unspecified atom stereocenters. The number of rotatable bonds is 7. The Morgan fingerprint density at radius 3 is 3.06 bits per heavy atom. The third kappa shape index (κ3) is 5.18. The highest BCUT2D eigenvalue weighted by Gasteiger charge is 2.24. The van der Waals surface area contributed by atoms with Crippen LogP contribution in [0.5, 0.6) is 0 Å². The van der Waals surface area contributed by atoms with Crippen molar-refractivity contribution < 1.29 is 14.6 Å². The van der Waals surface area contributed by atoms with Crippen molar-refractivity contribution in [3.05, 3.63) is 0 Å². The second-order valence-electron chi connectivity index (χ2n) is 4.06. The highest BCUT2D eigenvalue weighted by atomic mass is 32.2. The molecule has 5 heteroatoms. The van der Waals surface area contributed by atoms with Crippen molar-refractivity contribution in [1.29, 1.82) is 0 Å². The van der Waals surface area contributed by atoms with Gasteiger partial charge in [0, 0.05) is 12.6 Å². The standard InChI is InChI=1S/C11H21NO3S/c1-16-7-3-2-4-12-5-6-15-9-10(12)8-11(13)14/h10H,2-9H2,1H3,(H,13,14). The van der Waals surface area contributed by atoms with Crippen molar-refractivity contribution in [1.82, 2.24) is 4.90 Å². The molecule has 1 heterocycles. The van der Waals surface area contributed by atoms with E-state index in [2.05, 4.69) is 11.2 Å². The SMILES string of the molecule is CSCCCCN1CCOCC1CC(=O)O. The minimum Gasteiger partial charge on any atom is -0.481 e. The molecular formula is C11H21NO3S. The Hall–Kier alpha value is -0.260. The number of aliphatic carboxylic acids is 1. The number of morpholine rings is 1. The molecular weight excluding hydrogens is 226 g/mol. The minimum absolute atomic E-state index is 0.0699. The highest BCUT2D eigenvalue weighted by Crippen LogP contribution is 2.12. The Morgan fingerprint density at radius 2 is 2.38 bits per heavy atom. The molecule has 4 nitrogen and oxygen atoms in total. The fourth-order valence-corrected chi connectivity index (χ4v) is 2.43. The van der Waals surface area contributed by atoms with Gasteiger partial charge in [0.2, 0.25) is 0 Å². The first kappa shape index (κ1) is 13.8. The molecule has 1 atom stereocenters. The molecule has 0 spiro atoms. The normalized spacial score (nSPS) is 22.2. The molecule has 1 N–H and O–H groups in total. The van der Waals surface area contributed by atoms with Crippen LogP contribution >= 0.6 is 11.8 Å². The smallest absolute Gasteiger partial charge is 0.305 e. The van der Waals surface area contributed by atoms with E-state index in [9.17, 15) is 4.79 Å². The Morgan fingerprint density at radius 1 is 1.56 bits per heavy atom. The van der Waals surface area contributed by atoms with Gasteiger partial charge in [-0.3, -0.25) is 9.69 Å². The second-order valence-corrected chi connectivity index (χ2v) is 5.05. The Balaban J connectivity index is 2.26. The molecule has 0 amide bonds. The Labute approximate surface area is 101 Å². The van der Waals surface area contributed by atoms with Gasteiger partial charge in [0.1, 0.15) is 0 Å². The van der Waals surface area contributed by atoms with Crippen molar-refractivity contribution in [2.24, 2.45) is 0 Å². The topological polar surface area (TPSA) is 49.8 Å². The van der Waals surface area contributed by atoms with Crippen molar-refractivity contribution in [2.45, 2.75) is 25.3 Å². The van der Waals surface area contributed by atoms with Crippen molar-refractivity contribution in [3.63, 3.8) is 0 Å². The zero-order valence-electron chi connectivity index (χ0n) is 9.85. The summed E-state index contributed by atoms with van der Waals surface area (Å²) >= 11 is 1.86. The van der Waals surface area contributed by atoms with E-state index in [4.69, 9.17) is 9.84 Å². The van der Waals surface area contributed by atoms with Gasteiger partial charge in [0.15, 0.2) is 0 Å². The zero-order chi connectivity index (χ0) is 11.8. The molecule has 0 bridgehead atoms. The van der Waals surface area contributed by atoms with Gasteiger partial charge in [-0.1, -0.05) is 0 Å². The van der Waals surface area contributed by atoms with Gasteiger partial charge in [-0.2, -0.15) is 11.8 Å². The lowest BCUT2D eigenvalue weighted by atomic mass is 10.1. The Bertz CT molecular complexity index is 213. The summed E-state index contributed by atoms with van der Waals surface area (Å²) in [5.74, 6) is 0.457. The van der Waals surface area contributed by atoms with Crippen LogP contribution < -0.4 is 0 Å². The third-order valence-corrected chi connectivity index (χ3v) is 3.50. The summed E-state index contributed by atoms with van der Waals surface area (Å²) in [6, 6.07) is 0.0699. The summed E-state index contributed by atoms with van der Waals surface area (Å²) in [4.78, 5) is 13.0. The molecule has 0 aromatic carbocycles. The molecule has 1 saturated heterocycles. The van der Waals surface area contributed by atoms with Crippen molar-refractivity contribution >= 4 is 17.7 Å². The largest absolute Gasteiger partial charge is 0.481 e. The lowest BCUT2D eigenvalue weighted by Gasteiger charge is -2.34. The molecule has 94 valence electrons. The van der Waals surface area contributed by atoms with E-state index in [1.165, 1.54) is 12.2 Å². The maximum atomic E-state index is 10.7. The lowest BCUT2D eigenvalue weighted by molar-refractivity contribution is -0.140. The van der Waals surface area contributed by atoms with E-state index in [0.29, 0.717) is 6.61 Å². The van der Waals surface area contributed by atoms with Gasteiger partial charge in [-0.05, 0) is 31.4 Å². The molecule has 0 aromatic rings. The fraction of sp³-hybridized carbons (Fsp3) is 0.909. The minimum atomic E-state index is -0.732. The average molecular weight is 247 g/mol. The van der Waals surface area contributed by atoms with E-state index < -0.39 is 5.97 Å². The summed E-state index contributed by atoms with van der Waals surface area (Å²) in [6.45, 7) is 3.17. The zero-order valence-corrected chi connectivity index (χ0v) is 10.7. The molecule has 1 aliphatic rings. The first-order valence-electron chi connectivity index (χ1n) is 5.76. The number of ether oxygens (including phenoxy) is 1. The van der Waals surface area contributed by atoms with Crippen LogP contribution in [0.1, 0.15) is 19.3 Å². The first-order valence-corrected chi connectivity index (χ1v) is 7.16.